The van der Waals surface area contributed by atoms with Gasteiger partial charge in [-0.2, -0.15) is 0 Å². The van der Waals surface area contributed by atoms with Crippen LogP contribution in [0.4, 0.5) is 8.78 Å². The van der Waals surface area contributed by atoms with Gasteiger partial charge in [-0.3, -0.25) is 4.79 Å². The summed E-state index contributed by atoms with van der Waals surface area (Å²) in [5.41, 5.74) is -0.288. The minimum atomic E-state index is -1.12. The van der Waals surface area contributed by atoms with Crippen LogP contribution < -0.4 is 5.32 Å². The number of rotatable bonds is 3. The van der Waals surface area contributed by atoms with Gasteiger partial charge in [-0.05, 0) is 19.1 Å². The normalized spacial score (nSPS) is 9.19. The van der Waals surface area contributed by atoms with Crippen LogP contribution in [0.5, 0.6) is 0 Å². The highest BCUT2D eigenvalue weighted by Crippen LogP contribution is 2.10. The van der Waals surface area contributed by atoms with Gasteiger partial charge in [0, 0.05) is 13.0 Å². The first-order valence-electron chi connectivity index (χ1n) is 4.78. The van der Waals surface area contributed by atoms with Gasteiger partial charge in [0.05, 0.1) is 5.56 Å². The van der Waals surface area contributed by atoms with Crippen molar-refractivity contribution in [2.24, 2.45) is 0 Å². The molecule has 0 aliphatic carbocycles. The SMILES string of the molecule is CC#CCCNC(=O)c1cccc(F)c1F. The minimum Gasteiger partial charge on any atom is -0.351 e. The van der Waals surface area contributed by atoms with Crippen LogP contribution >= 0.6 is 0 Å². The molecule has 2 nitrogen and oxygen atoms in total. The number of amides is 1. The zero-order valence-corrected chi connectivity index (χ0v) is 8.81. The maximum atomic E-state index is 13.2. The summed E-state index contributed by atoms with van der Waals surface area (Å²) >= 11 is 0. The zero-order chi connectivity index (χ0) is 12.0. The summed E-state index contributed by atoms with van der Waals surface area (Å²) in [6, 6.07) is 3.49. The molecular formula is C12H11F2NO. The molecule has 1 aromatic carbocycles. The molecular weight excluding hydrogens is 212 g/mol. The van der Waals surface area contributed by atoms with Crippen LogP contribution in [0.25, 0.3) is 0 Å². The molecule has 1 amide bonds. The Labute approximate surface area is 92.7 Å². The number of benzene rings is 1. The molecule has 0 radical (unpaired) electrons. The summed E-state index contributed by atoms with van der Waals surface area (Å²) in [7, 11) is 0. The molecule has 0 bridgehead atoms. The lowest BCUT2D eigenvalue weighted by molar-refractivity contribution is 0.0949. The average Bonchev–Trinajstić information content (AvgIpc) is 2.28. The number of hydrogen-bond acceptors (Lipinski definition) is 1. The smallest absolute Gasteiger partial charge is 0.254 e. The summed E-state index contributed by atoms with van der Waals surface area (Å²) in [4.78, 5) is 11.4. The molecule has 0 unspecified atom stereocenters. The van der Waals surface area contributed by atoms with Gasteiger partial charge in [-0.15, -0.1) is 11.8 Å². The Morgan fingerprint density at radius 3 is 2.88 bits per heavy atom. The summed E-state index contributed by atoms with van der Waals surface area (Å²) < 4.78 is 26.0. The Bertz CT molecular complexity index is 446. The van der Waals surface area contributed by atoms with Gasteiger partial charge in [0.15, 0.2) is 11.6 Å². The molecule has 84 valence electrons. The summed E-state index contributed by atoms with van der Waals surface area (Å²) in [6.07, 6.45) is 0.485. The van der Waals surface area contributed by atoms with Gasteiger partial charge < -0.3 is 5.32 Å². The summed E-state index contributed by atoms with van der Waals surface area (Å²) in [5.74, 6) is 2.63. The zero-order valence-electron chi connectivity index (χ0n) is 8.81. The Morgan fingerprint density at radius 2 is 2.19 bits per heavy atom. The van der Waals surface area contributed by atoms with E-state index in [-0.39, 0.29) is 5.56 Å². The molecule has 0 saturated heterocycles. The number of nitrogens with one attached hydrogen (secondary N) is 1. The van der Waals surface area contributed by atoms with Gasteiger partial charge in [0.2, 0.25) is 0 Å². The fourth-order valence-corrected chi connectivity index (χ4v) is 1.14. The molecule has 0 fully saturated rings. The van der Waals surface area contributed by atoms with Crippen LogP contribution in [0.3, 0.4) is 0 Å². The number of halogens is 2. The quantitative estimate of drug-likeness (QED) is 0.617. The van der Waals surface area contributed by atoms with Gasteiger partial charge in [0.1, 0.15) is 0 Å². The van der Waals surface area contributed by atoms with Crippen molar-refractivity contribution >= 4 is 5.91 Å². The van der Waals surface area contributed by atoms with E-state index in [1.165, 1.54) is 12.1 Å². The number of hydrogen-bond donors (Lipinski definition) is 1. The fourth-order valence-electron chi connectivity index (χ4n) is 1.14. The molecule has 0 aliphatic heterocycles. The van der Waals surface area contributed by atoms with Crippen molar-refractivity contribution in [1.29, 1.82) is 0 Å². The Balaban J connectivity index is 2.65. The first kappa shape index (κ1) is 12.2. The highest BCUT2D eigenvalue weighted by atomic mass is 19.2. The van der Waals surface area contributed by atoms with E-state index in [0.29, 0.717) is 13.0 Å². The van der Waals surface area contributed by atoms with Crippen LogP contribution in [0.2, 0.25) is 0 Å². The van der Waals surface area contributed by atoms with Crippen LogP contribution in [0.15, 0.2) is 18.2 Å². The standard InChI is InChI=1S/C12H11F2NO/c1-2-3-4-8-15-12(16)9-6-5-7-10(13)11(9)14/h5-7H,4,8H2,1H3,(H,15,16). The van der Waals surface area contributed by atoms with E-state index in [1.54, 1.807) is 6.92 Å². The van der Waals surface area contributed by atoms with Crippen LogP contribution in [0, 0.1) is 23.5 Å². The third kappa shape index (κ3) is 3.06. The van der Waals surface area contributed by atoms with Crippen LogP contribution in [0.1, 0.15) is 23.7 Å². The van der Waals surface area contributed by atoms with Crippen molar-refractivity contribution in [3.63, 3.8) is 0 Å². The second kappa shape index (κ2) is 5.86. The van der Waals surface area contributed by atoms with E-state index >= 15 is 0 Å². The number of carbonyl (C=O) groups is 1. The van der Waals surface area contributed by atoms with Crippen molar-refractivity contribution in [1.82, 2.24) is 5.32 Å². The predicted molar refractivity (Wildman–Crippen MR) is 56.8 cm³/mol. The van der Waals surface area contributed by atoms with Gasteiger partial charge >= 0.3 is 0 Å². The van der Waals surface area contributed by atoms with E-state index in [2.05, 4.69) is 17.2 Å². The molecule has 1 aromatic rings. The molecule has 0 saturated carbocycles. The van der Waals surface area contributed by atoms with Gasteiger partial charge in [-0.25, -0.2) is 8.78 Å². The lowest BCUT2D eigenvalue weighted by Crippen LogP contribution is -2.25. The van der Waals surface area contributed by atoms with Crippen molar-refractivity contribution in [3.8, 4) is 11.8 Å². The Kier molecular flexibility index (Phi) is 4.46. The molecule has 0 heterocycles. The van der Waals surface area contributed by atoms with E-state index < -0.39 is 17.5 Å². The third-order valence-electron chi connectivity index (χ3n) is 1.91. The maximum absolute atomic E-state index is 13.2. The second-order valence-corrected chi connectivity index (χ2v) is 3.03. The molecule has 1 rings (SSSR count). The fraction of sp³-hybridized carbons (Fsp3) is 0.250. The minimum absolute atomic E-state index is 0.288. The van der Waals surface area contributed by atoms with Crippen LogP contribution in [-0.2, 0) is 0 Å². The monoisotopic (exact) mass is 223 g/mol. The third-order valence-corrected chi connectivity index (χ3v) is 1.91. The van der Waals surface area contributed by atoms with E-state index in [0.717, 1.165) is 6.07 Å². The molecule has 0 aromatic heterocycles. The lowest BCUT2D eigenvalue weighted by atomic mass is 10.2. The maximum Gasteiger partial charge on any atom is 0.254 e. The van der Waals surface area contributed by atoms with E-state index in [4.69, 9.17) is 0 Å². The van der Waals surface area contributed by atoms with E-state index in [1.807, 2.05) is 0 Å². The number of carbonyl (C=O) groups excluding carboxylic acids is 1. The molecule has 16 heavy (non-hydrogen) atoms. The average molecular weight is 223 g/mol. The first-order valence-corrected chi connectivity index (χ1v) is 4.78. The molecule has 0 spiro atoms. The Hall–Kier alpha value is -1.89. The van der Waals surface area contributed by atoms with Crippen molar-refractivity contribution in [3.05, 3.63) is 35.4 Å². The molecule has 0 atom stereocenters. The largest absolute Gasteiger partial charge is 0.351 e. The van der Waals surface area contributed by atoms with Crippen molar-refractivity contribution < 1.29 is 13.6 Å². The molecule has 4 heteroatoms. The van der Waals surface area contributed by atoms with Gasteiger partial charge in [-0.1, -0.05) is 6.07 Å². The highest BCUT2D eigenvalue weighted by molar-refractivity contribution is 5.94. The molecule has 0 aliphatic rings. The first-order chi connectivity index (χ1) is 7.66. The van der Waals surface area contributed by atoms with E-state index in [9.17, 15) is 13.6 Å². The second-order valence-electron chi connectivity index (χ2n) is 3.03. The Morgan fingerprint density at radius 1 is 1.44 bits per heavy atom. The molecule has 1 N–H and O–H groups in total. The van der Waals surface area contributed by atoms with Crippen LogP contribution in [-0.4, -0.2) is 12.5 Å². The predicted octanol–water partition coefficient (Wildman–Crippen LogP) is 2.11. The van der Waals surface area contributed by atoms with Crippen molar-refractivity contribution in [2.45, 2.75) is 13.3 Å². The van der Waals surface area contributed by atoms with Gasteiger partial charge in [0.25, 0.3) is 5.91 Å². The summed E-state index contributed by atoms with van der Waals surface area (Å²) in [6.45, 7) is 2.00. The topological polar surface area (TPSA) is 29.1 Å². The highest BCUT2D eigenvalue weighted by Gasteiger charge is 2.13. The lowest BCUT2D eigenvalue weighted by Gasteiger charge is -2.04. The van der Waals surface area contributed by atoms with Crippen molar-refractivity contribution in [2.75, 3.05) is 6.54 Å². The summed E-state index contributed by atoms with van der Waals surface area (Å²) in [5, 5.41) is 2.45.